The molecule has 56 valence electrons. The predicted molar refractivity (Wildman–Crippen MR) is 41.2 cm³/mol. The minimum absolute atomic E-state index is 0.265. The van der Waals surface area contributed by atoms with Crippen LogP contribution in [0, 0.1) is 17.7 Å². The number of pyridine rings is 1. The molecule has 2 nitrogen and oxygen atoms in total. The summed E-state index contributed by atoms with van der Waals surface area (Å²) in [6.45, 7) is 1.66. The zero-order valence-electron chi connectivity index (χ0n) is 6.06. The van der Waals surface area contributed by atoms with Crippen LogP contribution in [0.15, 0.2) is 12.3 Å². The second-order valence-corrected chi connectivity index (χ2v) is 1.96. The third kappa shape index (κ3) is 1.68. The van der Waals surface area contributed by atoms with Crippen LogP contribution >= 0.6 is 0 Å². The first-order valence-electron chi connectivity index (χ1n) is 3.08. The molecule has 0 aliphatic heterocycles. The molecule has 1 aromatic rings. The number of hydrogen-bond donors (Lipinski definition) is 1. The van der Waals surface area contributed by atoms with E-state index in [0.717, 1.165) is 6.20 Å². The molecule has 0 unspecified atom stereocenters. The van der Waals surface area contributed by atoms with E-state index in [2.05, 4.69) is 16.8 Å². The van der Waals surface area contributed by atoms with Crippen molar-refractivity contribution in [1.82, 2.24) is 4.98 Å². The van der Waals surface area contributed by atoms with Gasteiger partial charge in [0.05, 0.1) is 11.8 Å². The third-order valence-electron chi connectivity index (χ3n) is 1.14. The van der Waals surface area contributed by atoms with E-state index >= 15 is 0 Å². The van der Waals surface area contributed by atoms with Gasteiger partial charge in [0.1, 0.15) is 11.6 Å². The number of aromatic nitrogens is 1. The van der Waals surface area contributed by atoms with E-state index in [1.54, 1.807) is 6.92 Å². The number of anilines is 1. The summed E-state index contributed by atoms with van der Waals surface area (Å²) in [4.78, 5) is 3.60. The van der Waals surface area contributed by atoms with Crippen LogP contribution in [0.5, 0.6) is 0 Å². The molecule has 0 aromatic carbocycles. The molecule has 1 heterocycles. The maximum atomic E-state index is 12.5. The van der Waals surface area contributed by atoms with E-state index in [9.17, 15) is 4.39 Å². The Bertz CT molecular complexity index is 323. The quantitative estimate of drug-likeness (QED) is 0.564. The van der Waals surface area contributed by atoms with Gasteiger partial charge in [-0.1, -0.05) is 5.92 Å². The molecule has 0 aliphatic rings. The van der Waals surface area contributed by atoms with Crippen LogP contribution in [0.3, 0.4) is 0 Å². The first-order chi connectivity index (χ1) is 5.24. The van der Waals surface area contributed by atoms with Gasteiger partial charge in [-0.2, -0.15) is 0 Å². The number of nitrogens with two attached hydrogens (primary N) is 1. The smallest absolute Gasteiger partial charge is 0.142 e. The van der Waals surface area contributed by atoms with Crippen LogP contribution < -0.4 is 5.73 Å². The van der Waals surface area contributed by atoms with Gasteiger partial charge in [-0.15, -0.1) is 5.92 Å². The SMILES string of the molecule is CC#Cc1cc(F)cnc1N. The van der Waals surface area contributed by atoms with E-state index in [0.29, 0.717) is 5.56 Å². The third-order valence-corrected chi connectivity index (χ3v) is 1.14. The van der Waals surface area contributed by atoms with Crippen molar-refractivity contribution in [2.75, 3.05) is 5.73 Å². The van der Waals surface area contributed by atoms with Crippen LogP contribution in [-0.4, -0.2) is 4.98 Å². The highest BCUT2D eigenvalue weighted by atomic mass is 19.1. The highest BCUT2D eigenvalue weighted by Crippen LogP contribution is 2.07. The van der Waals surface area contributed by atoms with E-state index in [1.807, 2.05) is 0 Å². The zero-order valence-corrected chi connectivity index (χ0v) is 6.06. The van der Waals surface area contributed by atoms with Gasteiger partial charge in [0, 0.05) is 0 Å². The van der Waals surface area contributed by atoms with Gasteiger partial charge < -0.3 is 5.73 Å². The lowest BCUT2D eigenvalue weighted by atomic mass is 10.2. The molecule has 0 fully saturated rings. The molecule has 0 saturated carbocycles. The second-order valence-electron chi connectivity index (χ2n) is 1.96. The molecular formula is C8H7FN2. The summed E-state index contributed by atoms with van der Waals surface area (Å²) >= 11 is 0. The van der Waals surface area contributed by atoms with Crippen LogP contribution in [0.1, 0.15) is 12.5 Å². The van der Waals surface area contributed by atoms with Crippen LogP contribution in [-0.2, 0) is 0 Å². The fourth-order valence-electron chi connectivity index (χ4n) is 0.685. The minimum Gasteiger partial charge on any atom is -0.383 e. The summed E-state index contributed by atoms with van der Waals surface area (Å²) in [5, 5.41) is 0. The summed E-state index contributed by atoms with van der Waals surface area (Å²) in [5.41, 5.74) is 5.83. The van der Waals surface area contributed by atoms with Crippen molar-refractivity contribution in [2.45, 2.75) is 6.92 Å². The summed E-state index contributed by atoms with van der Waals surface area (Å²) in [7, 11) is 0. The molecular weight excluding hydrogens is 143 g/mol. The van der Waals surface area contributed by atoms with Crippen molar-refractivity contribution < 1.29 is 4.39 Å². The summed E-state index contributed by atoms with van der Waals surface area (Å²) in [5.74, 6) is 5.10. The first-order valence-corrected chi connectivity index (χ1v) is 3.08. The van der Waals surface area contributed by atoms with E-state index in [-0.39, 0.29) is 5.82 Å². The Morgan fingerprint density at radius 1 is 1.64 bits per heavy atom. The molecule has 0 bridgehead atoms. The molecule has 0 spiro atoms. The average Bonchev–Trinajstić information content (AvgIpc) is 1.98. The van der Waals surface area contributed by atoms with E-state index in [1.165, 1.54) is 6.07 Å². The van der Waals surface area contributed by atoms with Crippen LogP contribution in [0.2, 0.25) is 0 Å². The van der Waals surface area contributed by atoms with Gasteiger partial charge >= 0.3 is 0 Å². The number of halogens is 1. The lowest BCUT2D eigenvalue weighted by molar-refractivity contribution is 0.621. The minimum atomic E-state index is -0.419. The predicted octanol–water partition coefficient (Wildman–Crippen LogP) is 1.17. The average molecular weight is 150 g/mol. The highest BCUT2D eigenvalue weighted by Gasteiger charge is 1.97. The fourth-order valence-corrected chi connectivity index (χ4v) is 0.685. The number of nitrogens with zero attached hydrogens (tertiary/aromatic N) is 1. The van der Waals surface area contributed by atoms with Crippen molar-refractivity contribution in [2.24, 2.45) is 0 Å². The highest BCUT2D eigenvalue weighted by molar-refractivity contribution is 5.50. The largest absolute Gasteiger partial charge is 0.383 e. The maximum Gasteiger partial charge on any atom is 0.142 e. The lowest BCUT2D eigenvalue weighted by Gasteiger charge is -1.94. The van der Waals surface area contributed by atoms with Crippen LogP contribution in [0.4, 0.5) is 10.2 Å². The molecule has 1 aromatic heterocycles. The van der Waals surface area contributed by atoms with Crippen molar-refractivity contribution in [1.29, 1.82) is 0 Å². The Hall–Kier alpha value is -1.56. The van der Waals surface area contributed by atoms with E-state index in [4.69, 9.17) is 5.73 Å². The fraction of sp³-hybridized carbons (Fsp3) is 0.125. The molecule has 3 heteroatoms. The summed E-state index contributed by atoms with van der Waals surface area (Å²) < 4.78 is 12.5. The van der Waals surface area contributed by atoms with Gasteiger partial charge in [-0.05, 0) is 13.0 Å². The maximum absolute atomic E-state index is 12.5. The van der Waals surface area contributed by atoms with Gasteiger partial charge in [0.25, 0.3) is 0 Å². The molecule has 0 radical (unpaired) electrons. The number of nitrogen functional groups attached to an aromatic ring is 1. The number of rotatable bonds is 0. The van der Waals surface area contributed by atoms with E-state index < -0.39 is 5.82 Å². The normalized spacial score (nSPS) is 8.55. The molecule has 0 amide bonds. The topological polar surface area (TPSA) is 38.9 Å². The van der Waals surface area contributed by atoms with Gasteiger partial charge in [-0.3, -0.25) is 0 Å². The Morgan fingerprint density at radius 2 is 2.36 bits per heavy atom. The summed E-state index contributed by atoms with van der Waals surface area (Å²) in [6.07, 6.45) is 1.07. The Kier molecular flexibility index (Phi) is 2.07. The first kappa shape index (κ1) is 7.55. The monoisotopic (exact) mass is 150 g/mol. The Morgan fingerprint density at radius 3 is 3.00 bits per heavy atom. The second kappa shape index (κ2) is 3.02. The Balaban J connectivity index is 3.19. The molecule has 2 N–H and O–H groups in total. The van der Waals surface area contributed by atoms with Crippen molar-refractivity contribution in [3.63, 3.8) is 0 Å². The van der Waals surface area contributed by atoms with Gasteiger partial charge in [0.15, 0.2) is 0 Å². The molecule has 11 heavy (non-hydrogen) atoms. The molecule has 0 atom stereocenters. The standard InChI is InChI=1S/C8H7FN2/c1-2-3-6-4-7(9)5-11-8(6)10/h4-5H,1H3,(H2,10,11). The summed E-state index contributed by atoms with van der Waals surface area (Å²) in [6, 6.07) is 1.26. The number of hydrogen-bond acceptors (Lipinski definition) is 2. The van der Waals surface area contributed by atoms with Crippen LogP contribution in [0.25, 0.3) is 0 Å². The van der Waals surface area contributed by atoms with Gasteiger partial charge in [-0.25, -0.2) is 9.37 Å². The molecule has 0 aliphatic carbocycles. The lowest BCUT2D eigenvalue weighted by Crippen LogP contribution is -1.94. The zero-order chi connectivity index (χ0) is 8.27. The molecule has 1 rings (SSSR count). The van der Waals surface area contributed by atoms with Crippen molar-refractivity contribution in [3.8, 4) is 11.8 Å². The Labute approximate surface area is 64.3 Å². The van der Waals surface area contributed by atoms with Crippen molar-refractivity contribution in [3.05, 3.63) is 23.6 Å². The molecule has 0 saturated heterocycles. The van der Waals surface area contributed by atoms with Gasteiger partial charge in [0.2, 0.25) is 0 Å². The van der Waals surface area contributed by atoms with Crippen molar-refractivity contribution >= 4 is 5.82 Å².